The second-order valence-corrected chi connectivity index (χ2v) is 8.80. The number of aryl methyl sites for hydroxylation is 1. The monoisotopic (exact) mass is 455 g/mol. The number of hydrogen-bond acceptors (Lipinski definition) is 5. The number of phenols is 1. The number of aliphatic hydroxyl groups excluding tert-OH is 1. The summed E-state index contributed by atoms with van der Waals surface area (Å²) in [4.78, 5) is 28.0. The highest BCUT2D eigenvalue weighted by molar-refractivity contribution is 6.46. The Labute approximate surface area is 192 Å². The molecule has 1 unspecified atom stereocenters. The van der Waals surface area contributed by atoms with Crippen molar-refractivity contribution in [3.05, 3.63) is 63.7 Å². The number of methoxy groups -OCH3 is 1. The Morgan fingerprint density at radius 1 is 1.09 bits per heavy atom. The van der Waals surface area contributed by atoms with Crippen LogP contribution in [0.15, 0.2) is 42.0 Å². The number of Topliss-reactive ketones (excluding diaryl/α,β-unsaturated/α-hetero) is 1. The highest BCUT2D eigenvalue weighted by Gasteiger charge is 2.49. The van der Waals surface area contributed by atoms with Crippen LogP contribution >= 0.6 is 11.6 Å². The molecule has 2 aliphatic rings. The maximum Gasteiger partial charge on any atom is 0.295 e. The fraction of sp³-hybridized carbons (Fsp3) is 0.360. The van der Waals surface area contributed by atoms with E-state index in [4.69, 9.17) is 16.3 Å². The molecule has 0 spiro atoms. The molecule has 4 rings (SSSR count). The van der Waals surface area contributed by atoms with Crippen LogP contribution in [-0.2, 0) is 9.59 Å². The molecule has 1 aliphatic carbocycles. The number of phenolic OH excluding ortho intramolecular Hbond substituents is 1. The molecule has 2 aromatic rings. The van der Waals surface area contributed by atoms with Crippen LogP contribution < -0.4 is 4.74 Å². The smallest absolute Gasteiger partial charge is 0.295 e. The number of ether oxygens (including phenoxy) is 1. The van der Waals surface area contributed by atoms with Crippen LogP contribution in [0.25, 0.3) is 5.76 Å². The number of likely N-dealkylation sites (tertiary alicyclic amines) is 1. The van der Waals surface area contributed by atoms with E-state index < -0.39 is 17.7 Å². The summed E-state index contributed by atoms with van der Waals surface area (Å²) >= 11 is 6.17. The van der Waals surface area contributed by atoms with Crippen LogP contribution in [0.2, 0.25) is 5.02 Å². The average Bonchev–Trinajstić information content (AvgIpc) is 3.06. The summed E-state index contributed by atoms with van der Waals surface area (Å²) in [6, 6.07) is 8.86. The predicted octanol–water partition coefficient (Wildman–Crippen LogP) is 5.12. The molecule has 0 radical (unpaired) electrons. The summed E-state index contributed by atoms with van der Waals surface area (Å²) in [6.07, 6.45) is 4.66. The van der Waals surface area contributed by atoms with Gasteiger partial charge in [-0.1, -0.05) is 36.9 Å². The highest BCUT2D eigenvalue weighted by Crippen LogP contribution is 2.44. The van der Waals surface area contributed by atoms with Crippen LogP contribution in [0.4, 0.5) is 0 Å². The van der Waals surface area contributed by atoms with Gasteiger partial charge >= 0.3 is 0 Å². The van der Waals surface area contributed by atoms with E-state index in [-0.39, 0.29) is 28.1 Å². The molecule has 1 heterocycles. The number of carbonyl (C=O) groups is 2. The third-order valence-corrected chi connectivity index (χ3v) is 6.71. The summed E-state index contributed by atoms with van der Waals surface area (Å²) in [5, 5.41) is 21.2. The van der Waals surface area contributed by atoms with Gasteiger partial charge in [0.05, 0.1) is 23.7 Å². The normalized spacial score (nSPS) is 21.2. The van der Waals surface area contributed by atoms with Gasteiger partial charge in [0.1, 0.15) is 17.3 Å². The van der Waals surface area contributed by atoms with Crippen molar-refractivity contribution in [3.8, 4) is 11.5 Å². The summed E-state index contributed by atoms with van der Waals surface area (Å²) in [5.74, 6) is -0.989. The fourth-order valence-corrected chi connectivity index (χ4v) is 4.98. The van der Waals surface area contributed by atoms with Gasteiger partial charge in [-0.05, 0) is 61.2 Å². The third-order valence-electron chi connectivity index (χ3n) is 6.40. The minimum Gasteiger partial charge on any atom is -0.507 e. The van der Waals surface area contributed by atoms with Gasteiger partial charge in [0, 0.05) is 11.6 Å². The van der Waals surface area contributed by atoms with E-state index in [1.165, 1.54) is 6.07 Å². The number of aliphatic hydroxyl groups is 1. The van der Waals surface area contributed by atoms with Gasteiger partial charge in [0.15, 0.2) is 0 Å². The summed E-state index contributed by atoms with van der Waals surface area (Å²) in [5.41, 5.74) is 1.83. The van der Waals surface area contributed by atoms with E-state index in [2.05, 4.69) is 0 Å². The lowest BCUT2D eigenvalue weighted by Crippen LogP contribution is -2.40. The number of carbonyl (C=O) groups excluding carboxylic acids is 2. The van der Waals surface area contributed by atoms with E-state index >= 15 is 0 Å². The maximum absolute atomic E-state index is 13.2. The van der Waals surface area contributed by atoms with Gasteiger partial charge in [-0.2, -0.15) is 0 Å². The van der Waals surface area contributed by atoms with E-state index in [1.54, 1.807) is 42.3 Å². The molecule has 0 aromatic heterocycles. The van der Waals surface area contributed by atoms with Crippen molar-refractivity contribution < 1.29 is 24.5 Å². The molecule has 1 atom stereocenters. The van der Waals surface area contributed by atoms with Gasteiger partial charge in [-0.3, -0.25) is 9.59 Å². The van der Waals surface area contributed by atoms with Gasteiger partial charge in [-0.25, -0.2) is 0 Å². The first-order valence-electron chi connectivity index (χ1n) is 10.8. The summed E-state index contributed by atoms with van der Waals surface area (Å²) < 4.78 is 5.29. The number of nitrogens with zero attached hydrogens (tertiary/aromatic N) is 1. The van der Waals surface area contributed by atoms with Gasteiger partial charge in [0.25, 0.3) is 11.7 Å². The minimum absolute atomic E-state index is 0.0342. The molecule has 6 nitrogen and oxygen atoms in total. The molecule has 0 bridgehead atoms. The standard InChI is InChI=1S/C25H26ClNO5/c1-14-12-16(9-11-20(14)32-2)23(29)21-22(15-8-10-19(28)18(26)13-15)27(25(31)24(21)30)17-6-4-3-5-7-17/h8-13,17,22,28-29H,3-7H2,1-2H3/b23-21-. The number of halogens is 1. The third kappa shape index (κ3) is 3.84. The minimum atomic E-state index is -0.779. The molecule has 7 heteroatoms. The van der Waals surface area contributed by atoms with Crippen LogP contribution in [-0.4, -0.2) is 40.0 Å². The Morgan fingerprint density at radius 2 is 1.81 bits per heavy atom. The van der Waals surface area contributed by atoms with Crippen molar-refractivity contribution in [1.29, 1.82) is 0 Å². The first-order valence-corrected chi connectivity index (χ1v) is 11.1. The molecule has 1 saturated heterocycles. The van der Waals surface area contributed by atoms with E-state index in [0.717, 1.165) is 37.7 Å². The number of amides is 1. The quantitative estimate of drug-likeness (QED) is 0.379. The lowest BCUT2D eigenvalue weighted by atomic mass is 9.90. The van der Waals surface area contributed by atoms with E-state index in [9.17, 15) is 19.8 Å². The molecule has 32 heavy (non-hydrogen) atoms. The van der Waals surface area contributed by atoms with E-state index in [1.807, 2.05) is 6.92 Å². The fourth-order valence-electron chi connectivity index (χ4n) is 4.79. The topological polar surface area (TPSA) is 87.1 Å². The number of aromatic hydroxyl groups is 1. The molecule has 2 N–H and O–H groups in total. The largest absolute Gasteiger partial charge is 0.507 e. The van der Waals surface area contributed by atoms with Crippen molar-refractivity contribution in [2.45, 2.75) is 51.1 Å². The molecule has 1 aliphatic heterocycles. The molecular formula is C25H26ClNO5. The first-order chi connectivity index (χ1) is 15.3. The Balaban J connectivity index is 1.89. The van der Waals surface area contributed by atoms with E-state index in [0.29, 0.717) is 16.9 Å². The molecule has 168 valence electrons. The number of benzene rings is 2. The predicted molar refractivity (Wildman–Crippen MR) is 122 cm³/mol. The van der Waals surface area contributed by atoms with Gasteiger partial charge in [-0.15, -0.1) is 0 Å². The van der Waals surface area contributed by atoms with Crippen LogP contribution in [0.1, 0.15) is 54.8 Å². The zero-order valence-corrected chi connectivity index (χ0v) is 18.9. The van der Waals surface area contributed by atoms with Crippen molar-refractivity contribution in [3.63, 3.8) is 0 Å². The molecule has 2 fully saturated rings. The van der Waals surface area contributed by atoms with Crippen molar-refractivity contribution in [2.75, 3.05) is 7.11 Å². The molecule has 1 saturated carbocycles. The number of hydrogen-bond donors (Lipinski definition) is 2. The van der Waals surface area contributed by atoms with Crippen molar-refractivity contribution in [1.82, 2.24) is 4.90 Å². The average molecular weight is 456 g/mol. The number of rotatable bonds is 4. The summed E-state index contributed by atoms with van der Waals surface area (Å²) in [6.45, 7) is 1.84. The molecule has 1 amide bonds. The molecular weight excluding hydrogens is 430 g/mol. The lowest BCUT2D eigenvalue weighted by molar-refractivity contribution is -0.141. The Morgan fingerprint density at radius 3 is 2.44 bits per heavy atom. The molecule has 2 aromatic carbocycles. The SMILES string of the molecule is COc1ccc(/C(O)=C2/C(=O)C(=O)N(C3CCCCC3)C2c2ccc(O)c(Cl)c2)cc1C. The zero-order valence-electron chi connectivity index (χ0n) is 18.1. The second-order valence-electron chi connectivity index (χ2n) is 8.39. The second kappa shape index (κ2) is 8.87. The van der Waals surface area contributed by atoms with Gasteiger partial charge < -0.3 is 19.8 Å². The van der Waals surface area contributed by atoms with Crippen molar-refractivity contribution >= 4 is 29.1 Å². The first kappa shape index (κ1) is 22.2. The summed E-state index contributed by atoms with van der Waals surface area (Å²) in [7, 11) is 1.56. The van der Waals surface area contributed by atoms with Gasteiger partial charge in [0.2, 0.25) is 0 Å². The number of ketones is 1. The van der Waals surface area contributed by atoms with Crippen LogP contribution in [0.3, 0.4) is 0 Å². The van der Waals surface area contributed by atoms with Crippen molar-refractivity contribution in [2.24, 2.45) is 0 Å². The Hall–Kier alpha value is -2.99. The van der Waals surface area contributed by atoms with Crippen LogP contribution in [0.5, 0.6) is 11.5 Å². The zero-order chi connectivity index (χ0) is 23.0. The Bertz CT molecular complexity index is 1100. The van der Waals surface area contributed by atoms with Crippen LogP contribution in [0, 0.1) is 6.92 Å². The highest BCUT2D eigenvalue weighted by atomic mass is 35.5. The lowest BCUT2D eigenvalue weighted by Gasteiger charge is -2.35. The maximum atomic E-state index is 13.2. The Kier molecular flexibility index (Phi) is 6.15.